The molecule has 17 rings (SSSR count). The molecule has 8 aromatic heterocycles. The molecule has 0 saturated carbocycles. The summed E-state index contributed by atoms with van der Waals surface area (Å²) >= 11 is 0. The lowest BCUT2D eigenvalue weighted by Crippen LogP contribution is -2.13. The molecule has 0 aliphatic heterocycles. The molecule has 14 nitrogen and oxygen atoms in total. The van der Waals surface area contributed by atoms with Crippen LogP contribution in [0.1, 0.15) is 101 Å². The van der Waals surface area contributed by atoms with Crippen LogP contribution in [0.4, 0.5) is 0 Å². The van der Waals surface area contributed by atoms with Crippen LogP contribution in [0.2, 0.25) is 0 Å². The van der Waals surface area contributed by atoms with Crippen molar-refractivity contribution in [3.8, 4) is 137 Å². The first-order valence-corrected chi connectivity index (χ1v) is 39.4. The van der Waals surface area contributed by atoms with Crippen molar-refractivity contribution in [1.82, 2.24) is 59.9 Å². The minimum Gasteiger partial charge on any atom is -0.492 e. The summed E-state index contributed by atoms with van der Waals surface area (Å²) in [5.74, 6) is 17.1. The zero-order valence-electron chi connectivity index (χ0n) is 64.1. The van der Waals surface area contributed by atoms with E-state index in [0.717, 1.165) is 218 Å². The van der Waals surface area contributed by atoms with Gasteiger partial charge in [-0.25, -0.2) is 19.3 Å². The number of rotatable bonds is 24. The van der Waals surface area contributed by atoms with E-state index in [1.54, 1.807) is 24.8 Å². The molecule has 9 aromatic carbocycles. The molecule has 14 heteroatoms. The third-order valence-corrected chi connectivity index (χ3v) is 21.4. The van der Waals surface area contributed by atoms with E-state index in [4.69, 9.17) is 40.1 Å². The Morgan fingerprint density at radius 3 is 0.912 bits per heavy atom. The predicted molar refractivity (Wildman–Crippen MR) is 459 cm³/mol. The summed E-state index contributed by atoms with van der Waals surface area (Å²) in [6, 6.07) is 86.7. The van der Waals surface area contributed by atoms with Gasteiger partial charge in [-0.3, -0.25) is 19.9 Å². The number of benzene rings is 9. The van der Waals surface area contributed by atoms with Crippen LogP contribution in [-0.2, 0) is 0 Å². The van der Waals surface area contributed by atoms with Crippen LogP contribution in [0, 0.1) is 35.5 Å². The predicted octanol–water partition coefficient (Wildman–Crippen LogP) is 23.2. The number of fused-ring (bicyclic) bond motifs is 4. The van der Waals surface area contributed by atoms with E-state index in [0.29, 0.717) is 36.5 Å². The Bertz CT molecular complexity index is 5820. The van der Waals surface area contributed by atoms with Crippen molar-refractivity contribution in [3.63, 3.8) is 0 Å². The van der Waals surface area contributed by atoms with Crippen molar-refractivity contribution in [3.05, 3.63) is 314 Å². The molecule has 2 atom stereocenters. The topological polar surface area (TPSA) is 157 Å². The summed E-state index contributed by atoms with van der Waals surface area (Å²) in [5, 5.41) is 27.3. The van der Waals surface area contributed by atoms with Crippen molar-refractivity contribution in [2.45, 2.75) is 79.1 Å². The van der Waals surface area contributed by atoms with Gasteiger partial charge in [-0.05, 0) is 120 Å². The van der Waals surface area contributed by atoms with Gasteiger partial charge in [0.25, 0.3) is 0 Å². The molecule has 0 spiro atoms. The Kier molecular flexibility index (Phi) is 21.5. The first-order valence-electron chi connectivity index (χ1n) is 39.4. The molecule has 0 radical (unpaired) electrons. The summed E-state index contributed by atoms with van der Waals surface area (Å²) < 4.78 is 18.1. The van der Waals surface area contributed by atoms with Crippen LogP contribution in [0.3, 0.4) is 0 Å². The Balaban J connectivity index is 0.726. The average molecular weight is 1480 g/mol. The maximum atomic E-state index is 7.12. The molecule has 0 aliphatic carbocycles. The largest absolute Gasteiger partial charge is 0.492 e. The van der Waals surface area contributed by atoms with Crippen LogP contribution in [0.25, 0.3) is 145 Å². The molecule has 0 N–H and O–H groups in total. The van der Waals surface area contributed by atoms with Gasteiger partial charge in [-0.2, -0.15) is 0 Å². The lowest BCUT2D eigenvalue weighted by Gasteiger charge is -2.19. The number of aromatic nitrogens is 12. The third kappa shape index (κ3) is 15.5. The molecular weight excluding hydrogens is 1400 g/mol. The summed E-state index contributed by atoms with van der Waals surface area (Å²) in [7, 11) is 0. The number of pyridine rings is 6. The van der Waals surface area contributed by atoms with Gasteiger partial charge in [0.05, 0.1) is 93.7 Å². The van der Waals surface area contributed by atoms with Gasteiger partial charge >= 0.3 is 0 Å². The molecule has 8 heterocycles. The average Bonchev–Trinajstić information content (AvgIpc) is 1.35. The minimum atomic E-state index is 0.345. The molecule has 0 saturated heterocycles. The third-order valence-electron chi connectivity index (χ3n) is 21.4. The van der Waals surface area contributed by atoms with Crippen LogP contribution in [0.5, 0.6) is 11.5 Å². The van der Waals surface area contributed by atoms with Crippen molar-refractivity contribution < 1.29 is 9.47 Å². The summed E-state index contributed by atoms with van der Waals surface area (Å²) in [6.07, 6.45) is 19.8. The second-order valence-electron chi connectivity index (χ2n) is 28.8. The number of unbranched alkanes of at least 4 members (excludes halogenated alkanes) is 2. The Labute approximate surface area is 663 Å². The Hall–Kier alpha value is -14.1. The molecule has 0 amide bonds. The van der Waals surface area contributed by atoms with Crippen molar-refractivity contribution in [2.24, 2.45) is 11.8 Å². The van der Waals surface area contributed by atoms with E-state index in [-0.39, 0.29) is 0 Å². The molecule has 0 aliphatic rings. The first kappa shape index (κ1) is 72.8. The first-order chi connectivity index (χ1) is 56.3. The van der Waals surface area contributed by atoms with E-state index in [2.05, 4.69) is 253 Å². The Morgan fingerprint density at radius 2 is 0.614 bits per heavy atom. The molecule has 0 bridgehead atoms. The van der Waals surface area contributed by atoms with Gasteiger partial charge in [0.15, 0.2) is 0 Å². The van der Waals surface area contributed by atoms with Crippen LogP contribution in [-0.4, -0.2) is 73.1 Å². The number of hydrogen-bond acceptors (Lipinski definition) is 12. The minimum absolute atomic E-state index is 0.345. The highest BCUT2D eigenvalue weighted by Crippen LogP contribution is 2.41. The van der Waals surface area contributed by atoms with E-state index in [9.17, 15) is 0 Å². The van der Waals surface area contributed by atoms with Gasteiger partial charge in [-0.15, -0.1) is 10.2 Å². The maximum Gasteiger partial charge on any atom is 0.136 e. The second-order valence-corrected chi connectivity index (χ2v) is 28.8. The number of nitrogens with zero attached hydrogens (tertiary/aromatic N) is 12. The van der Waals surface area contributed by atoms with Gasteiger partial charge in [0, 0.05) is 102 Å². The second kappa shape index (κ2) is 33.6. The van der Waals surface area contributed by atoms with Crippen molar-refractivity contribution >= 4 is 43.1 Å². The van der Waals surface area contributed by atoms with E-state index in [1.807, 2.05) is 94.6 Å². The summed E-state index contributed by atoms with van der Waals surface area (Å²) in [5.41, 5.74) is 18.6. The standard InChI is InChI=1S/C100H82N12O2/c1-5-9-27-67(7-3)65-113-97-61-74(50-52-82-79-31-13-17-35-85(79)100(86-36-18-14-32-80(82)86)112-64-96(108-110-112)72-47-43-70(44-48-72)76-59-93(89-39-21-25-55-103-89)106-94(60-76)90-40-22-26-56-104-90)98(114-66-68(8-4)28-10-6-2)62-73(97)49-51-81-77-29-11-15-33-83(77)99(84-34-16-12-30-78(81)84)111-63-95(107-109-111)71-45-41-69(42-46-71)75-57-91(87-37-19-23-53-101-87)105-92(58-75)88-38-20-24-54-102-88/h11-26,29-48,53-64,67-68H,5-10,27-28,65-66H2,1-4H3. The summed E-state index contributed by atoms with van der Waals surface area (Å²) in [4.78, 5) is 28.6. The number of ether oxygens (including phenoxy) is 2. The van der Waals surface area contributed by atoms with Crippen LogP contribution < -0.4 is 9.47 Å². The van der Waals surface area contributed by atoms with E-state index >= 15 is 0 Å². The molecule has 114 heavy (non-hydrogen) atoms. The van der Waals surface area contributed by atoms with Crippen LogP contribution in [0.15, 0.2) is 292 Å². The fourth-order valence-electron chi connectivity index (χ4n) is 15.1. The smallest absolute Gasteiger partial charge is 0.136 e. The lowest BCUT2D eigenvalue weighted by molar-refractivity contribution is 0.227. The molecule has 17 aromatic rings. The highest BCUT2D eigenvalue weighted by molar-refractivity contribution is 6.13. The normalized spacial score (nSPS) is 11.8. The maximum absolute atomic E-state index is 7.12. The SMILES string of the molecule is CCCCC(CC)COc1cc(C#Cc2c3ccccc3c(-n3cc(-c4ccc(-c5cc(-c6ccccn6)nc(-c6ccccn6)c5)cc4)nn3)c3ccccc23)c(OCC(CC)CCCC)cc1C#Cc1c2ccccc2c(-n2cc(-c3ccc(-c4cc(-c5ccccn5)nc(-c5ccccn5)c4)cc3)nn2)c2ccccc12. The fraction of sp³-hybridized carbons (Fsp3) is 0.160. The fourth-order valence-corrected chi connectivity index (χ4v) is 15.1. The van der Waals surface area contributed by atoms with Gasteiger partial charge in [0.1, 0.15) is 22.9 Å². The highest BCUT2D eigenvalue weighted by atomic mass is 16.5. The zero-order valence-corrected chi connectivity index (χ0v) is 64.1. The molecule has 2 unspecified atom stereocenters. The monoisotopic (exact) mass is 1480 g/mol. The Morgan fingerprint density at radius 1 is 0.307 bits per heavy atom. The quantitative estimate of drug-likeness (QED) is 0.0417. The van der Waals surface area contributed by atoms with Gasteiger partial charge < -0.3 is 9.47 Å². The lowest BCUT2D eigenvalue weighted by atomic mass is 9.94. The van der Waals surface area contributed by atoms with Gasteiger partial charge in [-0.1, -0.05) is 270 Å². The summed E-state index contributed by atoms with van der Waals surface area (Å²) in [6.45, 7) is 10.1. The molecule has 554 valence electrons. The zero-order chi connectivity index (χ0) is 77.1. The molecular formula is C100H82N12O2. The van der Waals surface area contributed by atoms with Crippen molar-refractivity contribution in [2.75, 3.05) is 13.2 Å². The van der Waals surface area contributed by atoms with Gasteiger partial charge in [0.2, 0.25) is 0 Å². The van der Waals surface area contributed by atoms with E-state index < -0.39 is 0 Å². The van der Waals surface area contributed by atoms with Crippen LogP contribution >= 0.6 is 0 Å². The highest BCUT2D eigenvalue weighted by Gasteiger charge is 2.23. The van der Waals surface area contributed by atoms with Crippen molar-refractivity contribution in [1.29, 1.82) is 0 Å². The number of hydrogen-bond donors (Lipinski definition) is 0. The molecule has 0 fully saturated rings. The van der Waals surface area contributed by atoms with E-state index in [1.165, 1.54) is 0 Å².